The molecule has 0 spiro atoms. The largest absolute Gasteiger partial charge is 0.460 e. The van der Waals surface area contributed by atoms with Crippen LogP contribution < -0.4 is 0 Å². The Balaban J connectivity index is 3.49. The lowest BCUT2D eigenvalue weighted by molar-refractivity contribution is -0.156. The molecule has 0 aromatic rings. The van der Waals surface area contributed by atoms with Crippen molar-refractivity contribution in [1.82, 2.24) is 0 Å². The molecule has 0 amide bonds. The van der Waals surface area contributed by atoms with Gasteiger partial charge >= 0.3 is 11.9 Å². The predicted molar refractivity (Wildman–Crippen MR) is 67.1 cm³/mol. The third kappa shape index (κ3) is 9.84. The first-order valence-corrected chi connectivity index (χ1v) is 5.84. The van der Waals surface area contributed by atoms with Gasteiger partial charge in [-0.25, -0.2) is 4.79 Å². The Kier molecular flexibility index (Phi) is 7.27. The standard InChI is InChI=1S/C13H22O5/c1-10(2)12(15)17-9-8-16-7-6-11(14)18-13(3,4)5/h1,6-9H2,2-5H3. The fraction of sp³-hybridized carbons (Fsp3) is 0.692. The molecule has 0 fully saturated rings. The summed E-state index contributed by atoms with van der Waals surface area (Å²) in [4.78, 5) is 22.3. The number of carbonyl (C=O) groups is 2. The molecule has 0 N–H and O–H groups in total. The summed E-state index contributed by atoms with van der Waals surface area (Å²) in [5.74, 6) is -0.743. The lowest BCUT2D eigenvalue weighted by atomic mass is 10.2. The number of esters is 2. The first kappa shape index (κ1) is 16.6. The zero-order chi connectivity index (χ0) is 14.2. The third-order valence-corrected chi connectivity index (χ3v) is 1.68. The van der Waals surface area contributed by atoms with Crippen LogP contribution in [0.3, 0.4) is 0 Å². The van der Waals surface area contributed by atoms with E-state index < -0.39 is 11.6 Å². The molecule has 0 radical (unpaired) electrons. The molecule has 5 nitrogen and oxygen atoms in total. The van der Waals surface area contributed by atoms with Crippen molar-refractivity contribution >= 4 is 11.9 Å². The highest BCUT2D eigenvalue weighted by molar-refractivity contribution is 5.86. The number of hydrogen-bond donors (Lipinski definition) is 0. The van der Waals surface area contributed by atoms with E-state index in [0.29, 0.717) is 5.57 Å². The van der Waals surface area contributed by atoms with Crippen LogP contribution in [0.15, 0.2) is 12.2 Å². The van der Waals surface area contributed by atoms with Crippen LogP contribution >= 0.6 is 0 Å². The van der Waals surface area contributed by atoms with Gasteiger partial charge in [0.15, 0.2) is 0 Å². The second-order valence-electron chi connectivity index (χ2n) is 4.87. The Hall–Kier alpha value is -1.36. The highest BCUT2D eigenvalue weighted by atomic mass is 16.6. The van der Waals surface area contributed by atoms with Crippen molar-refractivity contribution in [2.24, 2.45) is 0 Å². The first-order valence-electron chi connectivity index (χ1n) is 5.84. The molecule has 104 valence electrons. The summed E-state index contributed by atoms with van der Waals surface area (Å²) in [7, 11) is 0. The van der Waals surface area contributed by atoms with Crippen LogP contribution in [0.25, 0.3) is 0 Å². The van der Waals surface area contributed by atoms with E-state index in [9.17, 15) is 9.59 Å². The van der Waals surface area contributed by atoms with Gasteiger partial charge in [0.1, 0.15) is 12.2 Å². The van der Waals surface area contributed by atoms with Gasteiger partial charge in [0, 0.05) is 5.57 Å². The number of carbonyl (C=O) groups excluding carboxylic acids is 2. The molecular weight excluding hydrogens is 236 g/mol. The molecule has 0 atom stereocenters. The van der Waals surface area contributed by atoms with Crippen LogP contribution in [-0.4, -0.2) is 37.4 Å². The van der Waals surface area contributed by atoms with Crippen LogP contribution in [0, 0.1) is 0 Å². The van der Waals surface area contributed by atoms with Crippen LogP contribution in [0.5, 0.6) is 0 Å². The highest BCUT2D eigenvalue weighted by Crippen LogP contribution is 2.07. The number of hydrogen-bond acceptors (Lipinski definition) is 5. The van der Waals surface area contributed by atoms with E-state index in [-0.39, 0.29) is 32.2 Å². The van der Waals surface area contributed by atoms with Gasteiger partial charge in [0.25, 0.3) is 0 Å². The van der Waals surface area contributed by atoms with Crippen molar-refractivity contribution < 1.29 is 23.8 Å². The molecule has 0 aliphatic carbocycles. The highest BCUT2D eigenvalue weighted by Gasteiger charge is 2.15. The predicted octanol–water partition coefficient (Wildman–Crippen LogP) is 1.85. The summed E-state index contributed by atoms with van der Waals surface area (Å²) in [6, 6.07) is 0. The van der Waals surface area contributed by atoms with Gasteiger partial charge < -0.3 is 14.2 Å². The Bertz CT molecular complexity index is 301. The molecule has 18 heavy (non-hydrogen) atoms. The van der Waals surface area contributed by atoms with Gasteiger partial charge in [-0.1, -0.05) is 6.58 Å². The van der Waals surface area contributed by atoms with E-state index in [2.05, 4.69) is 6.58 Å². The van der Waals surface area contributed by atoms with E-state index in [0.717, 1.165) is 0 Å². The fourth-order valence-corrected chi connectivity index (χ4v) is 0.967. The molecule has 0 aliphatic rings. The Labute approximate surface area is 108 Å². The molecule has 0 aromatic carbocycles. The van der Waals surface area contributed by atoms with Crippen LogP contribution in [0.1, 0.15) is 34.1 Å². The summed E-state index contributed by atoms with van der Waals surface area (Å²) < 4.78 is 15.1. The minimum atomic E-state index is -0.478. The molecule has 0 aliphatic heterocycles. The van der Waals surface area contributed by atoms with Crippen molar-refractivity contribution in [2.45, 2.75) is 39.7 Å². The monoisotopic (exact) mass is 258 g/mol. The second-order valence-corrected chi connectivity index (χ2v) is 4.87. The normalized spacial score (nSPS) is 10.9. The van der Waals surface area contributed by atoms with Crippen LogP contribution in [0.2, 0.25) is 0 Å². The summed E-state index contributed by atoms with van der Waals surface area (Å²) in [6.07, 6.45) is 0.186. The maximum absolute atomic E-state index is 11.3. The molecule has 5 heteroatoms. The summed E-state index contributed by atoms with van der Waals surface area (Å²) >= 11 is 0. The Morgan fingerprint density at radius 3 is 2.22 bits per heavy atom. The first-order chi connectivity index (χ1) is 8.22. The van der Waals surface area contributed by atoms with E-state index in [1.165, 1.54) is 0 Å². The van der Waals surface area contributed by atoms with Gasteiger partial charge in [0.2, 0.25) is 0 Å². The summed E-state index contributed by atoms with van der Waals surface area (Å²) in [5.41, 5.74) is -0.127. The maximum atomic E-state index is 11.3. The maximum Gasteiger partial charge on any atom is 0.333 e. The Morgan fingerprint density at radius 1 is 1.11 bits per heavy atom. The quantitative estimate of drug-likeness (QED) is 0.396. The molecule has 0 unspecified atom stereocenters. The molecule has 0 aromatic heterocycles. The van der Waals surface area contributed by atoms with E-state index in [1.54, 1.807) is 6.92 Å². The molecule has 0 saturated carbocycles. The Morgan fingerprint density at radius 2 is 1.72 bits per heavy atom. The van der Waals surface area contributed by atoms with E-state index in [4.69, 9.17) is 14.2 Å². The van der Waals surface area contributed by atoms with Gasteiger partial charge in [0.05, 0.1) is 19.6 Å². The lowest BCUT2D eigenvalue weighted by Gasteiger charge is -2.19. The minimum absolute atomic E-state index is 0.153. The summed E-state index contributed by atoms with van der Waals surface area (Å²) in [6.45, 7) is 11.1. The van der Waals surface area contributed by atoms with Crippen molar-refractivity contribution in [3.8, 4) is 0 Å². The number of ether oxygens (including phenoxy) is 3. The fourth-order valence-electron chi connectivity index (χ4n) is 0.967. The van der Waals surface area contributed by atoms with Crippen molar-refractivity contribution in [3.63, 3.8) is 0 Å². The van der Waals surface area contributed by atoms with Crippen molar-refractivity contribution in [3.05, 3.63) is 12.2 Å². The smallest absolute Gasteiger partial charge is 0.333 e. The van der Waals surface area contributed by atoms with Gasteiger partial charge in [-0.2, -0.15) is 0 Å². The zero-order valence-electron chi connectivity index (χ0n) is 11.6. The van der Waals surface area contributed by atoms with Crippen molar-refractivity contribution in [2.75, 3.05) is 19.8 Å². The molecule has 0 heterocycles. The third-order valence-electron chi connectivity index (χ3n) is 1.68. The van der Waals surface area contributed by atoms with E-state index >= 15 is 0 Å². The molecule has 0 rings (SSSR count). The van der Waals surface area contributed by atoms with Gasteiger partial charge in [-0.05, 0) is 27.7 Å². The van der Waals surface area contributed by atoms with Gasteiger partial charge in [-0.15, -0.1) is 0 Å². The van der Waals surface area contributed by atoms with Gasteiger partial charge in [-0.3, -0.25) is 4.79 Å². The average molecular weight is 258 g/mol. The SMILES string of the molecule is C=C(C)C(=O)OCCOCCC(=O)OC(C)(C)C. The molecule has 0 saturated heterocycles. The van der Waals surface area contributed by atoms with E-state index in [1.807, 2.05) is 20.8 Å². The van der Waals surface area contributed by atoms with Crippen molar-refractivity contribution in [1.29, 1.82) is 0 Å². The summed E-state index contributed by atoms with van der Waals surface area (Å²) in [5, 5.41) is 0. The van der Waals surface area contributed by atoms with Crippen LogP contribution in [-0.2, 0) is 23.8 Å². The molecule has 0 bridgehead atoms. The van der Waals surface area contributed by atoms with Crippen LogP contribution in [0.4, 0.5) is 0 Å². The zero-order valence-corrected chi connectivity index (χ0v) is 11.6. The minimum Gasteiger partial charge on any atom is -0.460 e. The molecular formula is C13H22O5. The number of rotatable bonds is 7. The second kappa shape index (κ2) is 7.87. The average Bonchev–Trinajstić information content (AvgIpc) is 2.19. The topological polar surface area (TPSA) is 61.8 Å². The lowest BCUT2D eigenvalue weighted by Crippen LogP contribution is -2.24.